The number of sulfone groups is 1. The highest BCUT2D eigenvalue weighted by Gasteiger charge is 2.41. The van der Waals surface area contributed by atoms with Gasteiger partial charge in [-0.25, -0.2) is 21.6 Å². The number of ether oxygens (including phenoxy) is 1. The van der Waals surface area contributed by atoms with E-state index >= 15 is 0 Å². The van der Waals surface area contributed by atoms with Gasteiger partial charge in [0.1, 0.15) is 12.1 Å². The van der Waals surface area contributed by atoms with Crippen LogP contribution in [0.1, 0.15) is 27.2 Å². The van der Waals surface area contributed by atoms with Crippen LogP contribution in [0, 0.1) is 0 Å². The molecule has 12 heteroatoms. The third-order valence-electron chi connectivity index (χ3n) is 4.64. The minimum Gasteiger partial charge on any atom is -0.444 e. The molecule has 0 spiro atoms. The Bertz CT molecular complexity index is 810. The second-order valence-electron chi connectivity index (χ2n) is 8.19. The number of rotatable bonds is 4. The zero-order valence-corrected chi connectivity index (χ0v) is 18.4. The van der Waals surface area contributed by atoms with Crippen molar-refractivity contribution in [3.63, 3.8) is 0 Å². The molecular weight excluding hydrogens is 410 g/mol. The Balaban J connectivity index is 1.87. The van der Waals surface area contributed by atoms with Crippen molar-refractivity contribution in [1.29, 1.82) is 0 Å². The minimum atomic E-state index is -3.71. The van der Waals surface area contributed by atoms with Gasteiger partial charge < -0.3 is 14.5 Å². The van der Waals surface area contributed by atoms with E-state index in [4.69, 9.17) is 4.74 Å². The first-order valence-electron chi connectivity index (χ1n) is 9.12. The molecule has 2 aliphatic heterocycles. The summed E-state index contributed by atoms with van der Waals surface area (Å²) in [4.78, 5) is 27.0. The van der Waals surface area contributed by atoms with Gasteiger partial charge >= 0.3 is 6.09 Å². The number of carbonyl (C=O) groups is 2. The number of hydrogen-bond donors (Lipinski definition) is 0. The first-order valence-corrected chi connectivity index (χ1v) is 12.4. The van der Waals surface area contributed by atoms with Crippen LogP contribution in [-0.4, -0.2) is 105 Å². The van der Waals surface area contributed by atoms with Gasteiger partial charge in [0.25, 0.3) is 0 Å². The maximum atomic E-state index is 12.6. The SMILES string of the molecule is CN(CC(=O)N1CCN(S(=O)(=O)C2CCS(=O)(=O)C2)CC1)C(=O)OC(C)(C)C. The highest BCUT2D eigenvalue weighted by atomic mass is 32.2. The number of amides is 2. The molecule has 0 bridgehead atoms. The first kappa shape index (κ1) is 22.9. The molecule has 0 aromatic heterocycles. The number of piperazine rings is 1. The van der Waals surface area contributed by atoms with Gasteiger partial charge in [0, 0.05) is 33.2 Å². The van der Waals surface area contributed by atoms with Crippen molar-refractivity contribution in [2.24, 2.45) is 0 Å². The van der Waals surface area contributed by atoms with E-state index in [2.05, 4.69) is 0 Å². The number of likely N-dealkylation sites (N-methyl/N-ethyl adjacent to an activating group) is 1. The van der Waals surface area contributed by atoms with Gasteiger partial charge in [0.2, 0.25) is 15.9 Å². The lowest BCUT2D eigenvalue weighted by molar-refractivity contribution is -0.133. The summed E-state index contributed by atoms with van der Waals surface area (Å²) >= 11 is 0. The Morgan fingerprint density at radius 2 is 1.71 bits per heavy atom. The van der Waals surface area contributed by atoms with Crippen LogP contribution in [0.4, 0.5) is 4.79 Å². The van der Waals surface area contributed by atoms with Gasteiger partial charge in [-0.1, -0.05) is 0 Å². The second-order valence-corrected chi connectivity index (χ2v) is 12.6. The highest BCUT2D eigenvalue weighted by molar-refractivity contribution is 7.95. The Kier molecular flexibility index (Phi) is 6.66. The van der Waals surface area contributed by atoms with Crippen molar-refractivity contribution in [2.45, 2.75) is 38.0 Å². The summed E-state index contributed by atoms with van der Waals surface area (Å²) in [5.74, 6) is -0.740. The van der Waals surface area contributed by atoms with Crippen molar-refractivity contribution < 1.29 is 31.2 Å². The molecule has 0 aromatic rings. The van der Waals surface area contributed by atoms with Crippen LogP contribution in [-0.2, 0) is 29.4 Å². The molecule has 10 nitrogen and oxygen atoms in total. The van der Waals surface area contributed by atoms with Crippen molar-refractivity contribution >= 4 is 31.9 Å². The lowest BCUT2D eigenvalue weighted by atomic mass is 10.2. The van der Waals surface area contributed by atoms with Crippen LogP contribution >= 0.6 is 0 Å². The molecule has 2 aliphatic rings. The summed E-state index contributed by atoms with van der Waals surface area (Å²) in [5.41, 5.74) is -0.665. The number of sulfonamides is 1. The van der Waals surface area contributed by atoms with Crippen LogP contribution in [0.2, 0.25) is 0 Å². The predicted octanol–water partition coefficient (Wildman–Crippen LogP) is -0.486. The molecule has 0 N–H and O–H groups in total. The smallest absolute Gasteiger partial charge is 0.410 e. The number of hydrogen-bond acceptors (Lipinski definition) is 7. The zero-order valence-electron chi connectivity index (χ0n) is 16.8. The second kappa shape index (κ2) is 8.15. The monoisotopic (exact) mass is 439 g/mol. The van der Waals surface area contributed by atoms with Gasteiger partial charge in [0.05, 0.1) is 16.8 Å². The average molecular weight is 440 g/mol. The van der Waals surface area contributed by atoms with Crippen LogP contribution in [0.5, 0.6) is 0 Å². The summed E-state index contributed by atoms with van der Waals surface area (Å²) in [5, 5.41) is -0.905. The summed E-state index contributed by atoms with van der Waals surface area (Å²) in [6.07, 6.45) is -0.491. The quantitative estimate of drug-likeness (QED) is 0.580. The lowest BCUT2D eigenvalue weighted by Crippen LogP contribution is -2.54. The van der Waals surface area contributed by atoms with Crippen LogP contribution in [0.25, 0.3) is 0 Å². The van der Waals surface area contributed by atoms with E-state index in [0.717, 1.165) is 0 Å². The molecule has 162 valence electrons. The van der Waals surface area contributed by atoms with E-state index in [1.54, 1.807) is 20.8 Å². The first-order chi connectivity index (χ1) is 12.7. The van der Waals surface area contributed by atoms with Crippen molar-refractivity contribution in [2.75, 3.05) is 51.3 Å². The van der Waals surface area contributed by atoms with E-state index in [1.807, 2.05) is 0 Å². The Morgan fingerprint density at radius 3 is 2.18 bits per heavy atom. The molecule has 1 atom stereocenters. The van der Waals surface area contributed by atoms with Crippen molar-refractivity contribution in [1.82, 2.24) is 14.1 Å². The number of nitrogens with zero attached hydrogens (tertiary/aromatic N) is 3. The molecule has 0 aromatic carbocycles. The fourth-order valence-corrected chi connectivity index (χ4v) is 7.62. The third kappa shape index (κ3) is 5.80. The average Bonchev–Trinajstić information content (AvgIpc) is 2.94. The molecule has 0 aliphatic carbocycles. The van der Waals surface area contributed by atoms with Crippen LogP contribution < -0.4 is 0 Å². The van der Waals surface area contributed by atoms with Crippen molar-refractivity contribution in [3.8, 4) is 0 Å². The van der Waals surface area contributed by atoms with Crippen LogP contribution in [0.15, 0.2) is 0 Å². The maximum Gasteiger partial charge on any atom is 0.410 e. The molecular formula is C16H29N3O7S2. The number of carbonyl (C=O) groups excluding carboxylic acids is 2. The topological polar surface area (TPSA) is 121 Å². The molecule has 0 saturated carbocycles. The van der Waals surface area contributed by atoms with E-state index < -0.39 is 36.8 Å². The molecule has 2 amide bonds. The third-order valence-corrected chi connectivity index (χ3v) is 8.95. The summed E-state index contributed by atoms with van der Waals surface area (Å²) in [6.45, 7) is 5.64. The van der Waals surface area contributed by atoms with Crippen molar-refractivity contribution in [3.05, 3.63) is 0 Å². The van der Waals surface area contributed by atoms with E-state index in [0.29, 0.717) is 0 Å². The Labute approximate surface area is 166 Å². The van der Waals surface area contributed by atoms with E-state index in [1.165, 1.54) is 21.2 Å². The molecule has 1 unspecified atom stereocenters. The van der Waals surface area contributed by atoms with Gasteiger partial charge in [-0.05, 0) is 27.2 Å². The molecule has 2 saturated heterocycles. The summed E-state index contributed by atoms with van der Waals surface area (Å²) in [6, 6.07) is 0. The highest BCUT2D eigenvalue weighted by Crippen LogP contribution is 2.23. The lowest BCUT2D eigenvalue weighted by Gasteiger charge is -2.35. The molecule has 2 rings (SSSR count). The normalized spacial score (nSPS) is 23.4. The molecule has 2 fully saturated rings. The van der Waals surface area contributed by atoms with E-state index in [9.17, 15) is 26.4 Å². The fourth-order valence-electron chi connectivity index (χ4n) is 3.11. The summed E-state index contributed by atoms with van der Waals surface area (Å²) in [7, 11) is -5.54. The maximum absolute atomic E-state index is 12.6. The van der Waals surface area contributed by atoms with Gasteiger partial charge in [-0.2, -0.15) is 4.31 Å². The van der Waals surface area contributed by atoms with Gasteiger partial charge in [-0.3, -0.25) is 4.79 Å². The standard InChI is InChI=1S/C16H29N3O7S2/c1-16(2,3)26-15(21)17(4)11-14(20)18-6-8-19(9-7-18)28(24,25)13-5-10-27(22,23)12-13/h13H,5-12H2,1-4H3. The largest absolute Gasteiger partial charge is 0.444 e. The predicted molar refractivity (Wildman–Crippen MR) is 103 cm³/mol. The molecule has 28 heavy (non-hydrogen) atoms. The summed E-state index contributed by atoms with van der Waals surface area (Å²) < 4.78 is 54.9. The molecule has 0 radical (unpaired) electrons. The minimum absolute atomic E-state index is 0.105. The molecule has 2 heterocycles. The zero-order chi connectivity index (χ0) is 21.3. The van der Waals surface area contributed by atoms with Gasteiger partial charge in [-0.15, -0.1) is 0 Å². The van der Waals surface area contributed by atoms with E-state index in [-0.39, 0.29) is 56.6 Å². The fraction of sp³-hybridized carbons (Fsp3) is 0.875. The Hall–Kier alpha value is -1.40. The Morgan fingerprint density at radius 1 is 1.14 bits per heavy atom. The van der Waals surface area contributed by atoms with Crippen LogP contribution in [0.3, 0.4) is 0 Å². The van der Waals surface area contributed by atoms with Gasteiger partial charge in [0.15, 0.2) is 9.84 Å².